The number of hydrogen-bond acceptors (Lipinski definition) is 4. The zero-order valence-electron chi connectivity index (χ0n) is 9.96. The Morgan fingerprint density at radius 3 is 2.65 bits per heavy atom. The quantitative estimate of drug-likeness (QED) is 0.488. The Morgan fingerprint density at radius 1 is 1.30 bits per heavy atom. The van der Waals surface area contributed by atoms with Gasteiger partial charge in [0.25, 0.3) is 5.69 Å². The van der Waals surface area contributed by atoms with Crippen LogP contribution in [0.2, 0.25) is 10.2 Å². The number of hydrogen-bond donors (Lipinski definition) is 0. The number of nitrogens with zero attached hydrogens (tertiary/aromatic N) is 3. The highest BCUT2D eigenvalue weighted by atomic mass is 35.5. The van der Waals surface area contributed by atoms with Crippen LogP contribution in [0.1, 0.15) is 17.2 Å². The van der Waals surface area contributed by atoms with Gasteiger partial charge >= 0.3 is 0 Å². The van der Waals surface area contributed by atoms with Gasteiger partial charge in [-0.1, -0.05) is 35.3 Å². The molecule has 1 heterocycles. The predicted octanol–water partition coefficient (Wildman–Crippen LogP) is 3.95. The summed E-state index contributed by atoms with van der Waals surface area (Å²) in [6, 6.07) is 11.1. The molecule has 0 bridgehead atoms. The van der Waals surface area contributed by atoms with E-state index in [-0.39, 0.29) is 16.5 Å². The summed E-state index contributed by atoms with van der Waals surface area (Å²) < 4.78 is 0. The maximum Gasteiger partial charge on any atom is 0.292 e. The molecule has 0 aliphatic rings. The van der Waals surface area contributed by atoms with Crippen molar-refractivity contribution in [3.05, 3.63) is 67.9 Å². The third-order valence-electron chi connectivity index (χ3n) is 2.65. The zero-order chi connectivity index (χ0) is 14.7. The van der Waals surface area contributed by atoms with E-state index in [1.165, 1.54) is 12.1 Å². The molecule has 5 nitrogen and oxygen atoms in total. The first-order valence-corrected chi connectivity index (χ1v) is 6.24. The molecule has 100 valence electrons. The van der Waals surface area contributed by atoms with Gasteiger partial charge in [0.2, 0.25) is 0 Å². The highest BCUT2D eigenvalue weighted by Gasteiger charge is 2.25. The number of rotatable bonds is 3. The molecule has 0 fully saturated rings. The van der Waals surface area contributed by atoms with E-state index in [0.717, 1.165) is 0 Å². The summed E-state index contributed by atoms with van der Waals surface area (Å²) in [6.07, 6.45) is 0. The second-order valence-corrected chi connectivity index (χ2v) is 4.74. The van der Waals surface area contributed by atoms with Crippen molar-refractivity contribution in [2.24, 2.45) is 0 Å². The van der Waals surface area contributed by atoms with Crippen LogP contribution in [0.5, 0.6) is 0 Å². The van der Waals surface area contributed by atoms with Gasteiger partial charge in [0.1, 0.15) is 16.8 Å². The summed E-state index contributed by atoms with van der Waals surface area (Å²) in [6.45, 7) is 0. The van der Waals surface area contributed by atoms with Gasteiger partial charge in [0.05, 0.1) is 11.0 Å². The van der Waals surface area contributed by atoms with Crippen molar-refractivity contribution in [2.45, 2.75) is 5.92 Å². The Hall–Kier alpha value is -2.16. The fourth-order valence-electron chi connectivity index (χ4n) is 1.79. The molecule has 0 radical (unpaired) electrons. The summed E-state index contributed by atoms with van der Waals surface area (Å²) >= 11 is 11.6. The van der Waals surface area contributed by atoms with Gasteiger partial charge in [-0.05, 0) is 23.8 Å². The Labute approximate surface area is 124 Å². The fraction of sp³-hybridized carbons (Fsp3) is 0.0769. The molecule has 0 saturated heterocycles. The van der Waals surface area contributed by atoms with E-state index < -0.39 is 10.8 Å². The minimum absolute atomic E-state index is 0.00673. The van der Waals surface area contributed by atoms with Crippen LogP contribution in [0.3, 0.4) is 0 Å². The second-order valence-electron chi connectivity index (χ2n) is 3.91. The van der Waals surface area contributed by atoms with Gasteiger partial charge in [0, 0.05) is 11.1 Å². The smallest absolute Gasteiger partial charge is 0.258 e. The van der Waals surface area contributed by atoms with E-state index in [1.807, 2.05) is 6.07 Å². The van der Waals surface area contributed by atoms with Crippen molar-refractivity contribution in [2.75, 3.05) is 0 Å². The minimum Gasteiger partial charge on any atom is -0.258 e. The lowest BCUT2D eigenvalue weighted by Crippen LogP contribution is -2.06. The first-order valence-electron chi connectivity index (χ1n) is 5.49. The molecule has 1 aromatic carbocycles. The van der Waals surface area contributed by atoms with E-state index >= 15 is 0 Å². The first-order chi connectivity index (χ1) is 9.52. The van der Waals surface area contributed by atoms with Crippen molar-refractivity contribution < 1.29 is 4.92 Å². The predicted molar refractivity (Wildman–Crippen MR) is 74.8 cm³/mol. The summed E-state index contributed by atoms with van der Waals surface area (Å²) in [5.41, 5.74) is 0.283. The van der Waals surface area contributed by atoms with Crippen molar-refractivity contribution in [3.8, 4) is 6.07 Å². The van der Waals surface area contributed by atoms with Gasteiger partial charge in [-0.25, -0.2) is 4.98 Å². The molecule has 2 aromatic rings. The number of aromatic nitrogens is 1. The first kappa shape index (κ1) is 14.3. The third kappa shape index (κ3) is 2.87. The van der Waals surface area contributed by atoms with Crippen molar-refractivity contribution in [3.63, 3.8) is 0 Å². The summed E-state index contributed by atoms with van der Waals surface area (Å²) in [5, 5.41) is 20.9. The maximum atomic E-state index is 11.0. The van der Waals surface area contributed by atoms with Gasteiger partial charge < -0.3 is 0 Å². The molecular formula is C13H7Cl2N3O2. The lowest BCUT2D eigenvalue weighted by molar-refractivity contribution is -0.386. The molecular weight excluding hydrogens is 301 g/mol. The maximum absolute atomic E-state index is 11.0. The van der Waals surface area contributed by atoms with E-state index in [4.69, 9.17) is 23.2 Å². The van der Waals surface area contributed by atoms with E-state index in [2.05, 4.69) is 4.98 Å². The molecule has 0 N–H and O–H groups in total. The zero-order valence-corrected chi connectivity index (χ0v) is 11.5. The molecule has 0 aliphatic heterocycles. The number of benzene rings is 1. The van der Waals surface area contributed by atoms with Crippen molar-refractivity contribution >= 4 is 28.9 Å². The molecule has 7 heteroatoms. The Bertz CT molecular complexity index is 713. The second kappa shape index (κ2) is 5.87. The van der Waals surface area contributed by atoms with E-state index in [1.54, 1.807) is 24.3 Å². The highest BCUT2D eigenvalue weighted by Crippen LogP contribution is 2.31. The largest absolute Gasteiger partial charge is 0.292 e. The molecule has 1 unspecified atom stereocenters. The number of nitro groups is 1. The van der Waals surface area contributed by atoms with Crippen LogP contribution < -0.4 is 0 Å². The van der Waals surface area contributed by atoms with Gasteiger partial charge in [-0.3, -0.25) is 10.1 Å². The van der Waals surface area contributed by atoms with Crippen molar-refractivity contribution in [1.82, 2.24) is 4.98 Å². The van der Waals surface area contributed by atoms with E-state index in [9.17, 15) is 15.4 Å². The lowest BCUT2D eigenvalue weighted by atomic mass is 9.95. The highest BCUT2D eigenvalue weighted by molar-refractivity contribution is 6.30. The topological polar surface area (TPSA) is 79.8 Å². The average molecular weight is 308 g/mol. The molecule has 0 spiro atoms. The monoisotopic (exact) mass is 307 g/mol. The fourth-order valence-corrected chi connectivity index (χ4v) is 2.14. The molecule has 1 aromatic heterocycles. The Kier molecular flexibility index (Phi) is 4.18. The SMILES string of the molecule is N#CC(c1cccc(Cl)c1)c1nc(Cl)ccc1[N+](=O)[O-]. The van der Waals surface area contributed by atoms with Gasteiger partial charge in [-0.15, -0.1) is 0 Å². The van der Waals surface area contributed by atoms with Crippen LogP contribution in [0.25, 0.3) is 0 Å². The minimum atomic E-state index is -0.909. The van der Waals surface area contributed by atoms with Crippen molar-refractivity contribution in [1.29, 1.82) is 5.26 Å². The van der Waals surface area contributed by atoms with Crippen LogP contribution in [0.15, 0.2) is 36.4 Å². The average Bonchev–Trinajstić information content (AvgIpc) is 2.39. The molecule has 0 amide bonds. The van der Waals surface area contributed by atoms with Crippen LogP contribution in [-0.2, 0) is 0 Å². The molecule has 1 atom stereocenters. The summed E-state index contributed by atoms with van der Waals surface area (Å²) in [5.74, 6) is -0.909. The molecule has 0 saturated carbocycles. The lowest BCUT2D eigenvalue weighted by Gasteiger charge is -2.10. The molecule has 0 aliphatic carbocycles. The van der Waals surface area contributed by atoms with Crippen LogP contribution in [0, 0.1) is 21.4 Å². The third-order valence-corrected chi connectivity index (χ3v) is 3.10. The summed E-state index contributed by atoms with van der Waals surface area (Å²) in [7, 11) is 0. The Balaban J connectivity index is 2.61. The molecule has 20 heavy (non-hydrogen) atoms. The standard InChI is InChI=1S/C13H7Cl2N3O2/c14-9-3-1-2-8(6-9)10(7-16)13-11(18(19)20)4-5-12(15)17-13/h1-6,10H. The Morgan fingerprint density at radius 2 is 2.05 bits per heavy atom. The number of pyridine rings is 1. The van der Waals surface area contributed by atoms with Gasteiger partial charge in [-0.2, -0.15) is 5.26 Å². The van der Waals surface area contributed by atoms with E-state index in [0.29, 0.717) is 10.6 Å². The van der Waals surface area contributed by atoms with Crippen LogP contribution in [-0.4, -0.2) is 9.91 Å². The normalized spacial score (nSPS) is 11.7. The number of halogens is 2. The summed E-state index contributed by atoms with van der Waals surface area (Å²) in [4.78, 5) is 14.4. The number of nitriles is 1. The van der Waals surface area contributed by atoms with Gasteiger partial charge in [0.15, 0.2) is 0 Å². The van der Waals surface area contributed by atoms with Crippen LogP contribution >= 0.6 is 23.2 Å². The van der Waals surface area contributed by atoms with Crippen LogP contribution in [0.4, 0.5) is 5.69 Å². The molecule has 2 rings (SSSR count).